The van der Waals surface area contributed by atoms with Gasteiger partial charge in [-0.25, -0.2) is 8.78 Å². The second-order valence-corrected chi connectivity index (χ2v) is 8.64. The molecule has 1 heterocycles. The molecule has 3 aliphatic rings. The molecule has 0 bridgehead atoms. The maximum atomic E-state index is 13.8. The maximum Gasteiger partial charge on any atom is 0.265 e. The van der Waals surface area contributed by atoms with Crippen LogP contribution in [0.25, 0.3) is 0 Å². The molecule has 7 nitrogen and oxygen atoms in total. The van der Waals surface area contributed by atoms with Gasteiger partial charge in [0, 0.05) is 36.9 Å². The lowest BCUT2D eigenvalue weighted by molar-refractivity contribution is -0.125. The Morgan fingerprint density at radius 3 is 2.65 bits per heavy atom. The number of morpholine rings is 1. The number of hydrogen-bond donors (Lipinski definition) is 2. The molecule has 0 radical (unpaired) electrons. The second-order valence-electron chi connectivity index (χ2n) is 8.64. The SMILES string of the molecule is NC[C@@H](C(=O)Nc1ccc(N2CCOCC2=O)c(C(F)F)c1)N(CC1CC1)C1CCC1. The molecule has 1 aromatic carbocycles. The van der Waals surface area contributed by atoms with Crippen molar-refractivity contribution < 1.29 is 23.1 Å². The van der Waals surface area contributed by atoms with Crippen LogP contribution in [0.2, 0.25) is 0 Å². The number of nitrogens with two attached hydrogens (primary N) is 1. The van der Waals surface area contributed by atoms with Crippen LogP contribution in [-0.4, -0.2) is 61.6 Å². The molecule has 2 amide bonds. The van der Waals surface area contributed by atoms with Gasteiger partial charge >= 0.3 is 0 Å². The van der Waals surface area contributed by atoms with Gasteiger partial charge < -0.3 is 20.7 Å². The summed E-state index contributed by atoms with van der Waals surface area (Å²) in [5.41, 5.74) is 6.13. The van der Waals surface area contributed by atoms with Crippen LogP contribution in [0.1, 0.15) is 44.1 Å². The van der Waals surface area contributed by atoms with E-state index in [0.717, 1.165) is 25.8 Å². The lowest BCUT2D eigenvalue weighted by Gasteiger charge is -2.41. The van der Waals surface area contributed by atoms with Gasteiger partial charge in [0.15, 0.2) is 0 Å². The molecule has 1 atom stereocenters. The molecule has 4 rings (SSSR count). The van der Waals surface area contributed by atoms with Crippen molar-refractivity contribution in [1.82, 2.24) is 4.90 Å². The van der Waals surface area contributed by atoms with Crippen LogP contribution in [0.3, 0.4) is 0 Å². The quantitative estimate of drug-likeness (QED) is 0.621. The molecule has 1 aromatic rings. The number of nitrogens with zero attached hydrogens (tertiary/aromatic N) is 2. The van der Waals surface area contributed by atoms with E-state index in [1.807, 2.05) is 0 Å². The summed E-state index contributed by atoms with van der Waals surface area (Å²) < 4.78 is 32.6. The van der Waals surface area contributed by atoms with E-state index in [9.17, 15) is 18.4 Å². The molecule has 170 valence electrons. The third-order valence-electron chi connectivity index (χ3n) is 6.44. The molecule has 3 fully saturated rings. The van der Waals surface area contributed by atoms with E-state index < -0.39 is 12.5 Å². The van der Waals surface area contributed by atoms with Crippen molar-refractivity contribution >= 4 is 23.2 Å². The van der Waals surface area contributed by atoms with Crippen molar-refractivity contribution in [3.63, 3.8) is 0 Å². The van der Waals surface area contributed by atoms with Crippen LogP contribution in [0, 0.1) is 5.92 Å². The topological polar surface area (TPSA) is 87.9 Å². The Morgan fingerprint density at radius 1 is 1.29 bits per heavy atom. The summed E-state index contributed by atoms with van der Waals surface area (Å²) in [4.78, 5) is 28.7. The first-order valence-corrected chi connectivity index (χ1v) is 11.0. The number of carbonyl (C=O) groups excluding carboxylic acids is 2. The van der Waals surface area contributed by atoms with Gasteiger partial charge in [0.2, 0.25) is 5.91 Å². The minimum absolute atomic E-state index is 0.128. The molecule has 2 saturated carbocycles. The largest absolute Gasteiger partial charge is 0.370 e. The molecule has 1 saturated heterocycles. The zero-order valence-corrected chi connectivity index (χ0v) is 17.6. The Bertz CT molecular complexity index is 814. The van der Waals surface area contributed by atoms with Gasteiger partial charge in [-0.1, -0.05) is 6.42 Å². The molecule has 9 heteroatoms. The van der Waals surface area contributed by atoms with Crippen molar-refractivity contribution in [3.05, 3.63) is 23.8 Å². The predicted octanol–water partition coefficient (Wildman–Crippen LogP) is 2.52. The molecule has 1 aliphatic heterocycles. The average molecular weight is 437 g/mol. The number of hydrogen-bond acceptors (Lipinski definition) is 5. The summed E-state index contributed by atoms with van der Waals surface area (Å²) in [6, 6.07) is 4.16. The van der Waals surface area contributed by atoms with E-state index in [1.54, 1.807) is 6.07 Å². The van der Waals surface area contributed by atoms with Crippen LogP contribution < -0.4 is 16.0 Å². The number of amides is 2. The molecule has 0 spiro atoms. The van der Waals surface area contributed by atoms with Gasteiger partial charge in [0.05, 0.1) is 12.3 Å². The zero-order chi connectivity index (χ0) is 22.0. The Hall–Kier alpha value is -2.10. The molecule has 0 unspecified atom stereocenters. The van der Waals surface area contributed by atoms with Crippen LogP contribution in [0.4, 0.5) is 20.2 Å². The van der Waals surface area contributed by atoms with E-state index in [-0.39, 0.29) is 48.4 Å². The fourth-order valence-electron chi connectivity index (χ4n) is 4.29. The highest BCUT2D eigenvalue weighted by atomic mass is 19.3. The number of nitrogens with one attached hydrogen (secondary N) is 1. The summed E-state index contributed by atoms with van der Waals surface area (Å²) in [6.07, 6.45) is 2.87. The monoisotopic (exact) mass is 436 g/mol. The Labute approximate surface area is 180 Å². The van der Waals surface area contributed by atoms with Crippen molar-refractivity contribution in [2.75, 3.05) is 43.1 Å². The number of anilines is 2. The highest BCUT2D eigenvalue weighted by molar-refractivity contribution is 5.98. The number of carbonyl (C=O) groups is 2. The standard InChI is InChI=1S/C22H30F2N4O3/c23-21(24)17-10-15(6-7-18(17)27-8-9-31-13-20(27)29)26-22(30)19(11-25)28(12-14-4-5-14)16-2-1-3-16/h6-7,10,14,16,19,21H,1-5,8-9,11-13,25H2,(H,26,30)/t19-/m0/s1. The molecule has 0 aromatic heterocycles. The second kappa shape index (κ2) is 9.58. The van der Waals surface area contributed by atoms with Crippen LogP contribution in [0.5, 0.6) is 0 Å². The van der Waals surface area contributed by atoms with Gasteiger partial charge in [0.25, 0.3) is 12.3 Å². The average Bonchev–Trinajstić information content (AvgIpc) is 3.52. The summed E-state index contributed by atoms with van der Waals surface area (Å²) >= 11 is 0. The third-order valence-corrected chi connectivity index (χ3v) is 6.44. The molecule has 2 aliphatic carbocycles. The van der Waals surface area contributed by atoms with Crippen molar-refractivity contribution in [2.45, 2.75) is 50.6 Å². The van der Waals surface area contributed by atoms with Gasteiger partial charge in [0.1, 0.15) is 12.6 Å². The normalized spacial score (nSPS) is 20.8. The van der Waals surface area contributed by atoms with Crippen molar-refractivity contribution in [3.8, 4) is 0 Å². The number of halogens is 2. The van der Waals surface area contributed by atoms with Crippen LogP contribution in [-0.2, 0) is 14.3 Å². The summed E-state index contributed by atoms with van der Waals surface area (Å²) in [5.74, 6) is -0.00644. The fourth-order valence-corrected chi connectivity index (χ4v) is 4.29. The highest BCUT2D eigenvalue weighted by Crippen LogP contribution is 2.36. The summed E-state index contributed by atoms with van der Waals surface area (Å²) in [7, 11) is 0. The smallest absolute Gasteiger partial charge is 0.265 e. The van der Waals surface area contributed by atoms with E-state index in [4.69, 9.17) is 10.5 Å². The van der Waals surface area contributed by atoms with E-state index >= 15 is 0 Å². The number of benzene rings is 1. The maximum absolute atomic E-state index is 13.8. The van der Waals surface area contributed by atoms with E-state index in [2.05, 4.69) is 10.2 Å². The van der Waals surface area contributed by atoms with Crippen LogP contribution in [0.15, 0.2) is 18.2 Å². The lowest BCUT2D eigenvalue weighted by atomic mass is 9.89. The van der Waals surface area contributed by atoms with E-state index in [1.165, 1.54) is 29.9 Å². The van der Waals surface area contributed by atoms with Gasteiger partial charge in [-0.15, -0.1) is 0 Å². The summed E-state index contributed by atoms with van der Waals surface area (Å²) in [6.45, 7) is 1.43. The van der Waals surface area contributed by atoms with Crippen LogP contribution >= 0.6 is 0 Å². The van der Waals surface area contributed by atoms with Crippen molar-refractivity contribution in [1.29, 1.82) is 0 Å². The molecular formula is C22H30F2N4O3. The minimum Gasteiger partial charge on any atom is -0.370 e. The van der Waals surface area contributed by atoms with Gasteiger partial charge in [-0.2, -0.15) is 0 Å². The number of rotatable bonds is 9. The molecular weight excluding hydrogens is 406 g/mol. The van der Waals surface area contributed by atoms with Gasteiger partial charge in [-0.3, -0.25) is 14.5 Å². The molecule has 3 N–H and O–H groups in total. The summed E-state index contributed by atoms with van der Waals surface area (Å²) in [5, 5.41) is 2.78. The fraction of sp³-hybridized carbons (Fsp3) is 0.636. The zero-order valence-electron chi connectivity index (χ0n) is 17.6. The first-order valence-electron chi connectivity index (χ1n) is 11.0. The van der Waals surface area contributed by atoms with E-state index in [0.29, 0.717) is 18.6 Å². The first kappa shape index (κ1) is 22.1. The highest BCUT2D eigenvalue weighted by Gasteiger charge is 2.37. The number of ether oxygens (including phenoxy) is 1. The first-order chi connectivity index (χ1) is 15.0. The molecule has 31 heavy (non-hydrogen) atoms. The van der Waals surface area contributed by atoms with Gasteiger partial charge in [-0.05, 0) is 49.8 Å². The Morgan fingerprint density at radius 2 is 2.06 bits per heavy atom. The Kier molecular flexibility index (Phi) is 6.83. The third kappa shape index (κ3) is 5.05. The lowest BCUT2D eigenvalue weighted by Crippen LogP contribution is -2.55. The Balaban J connectivity index is 1.51. The number of alkyl halides is 2. The predicted molar refractivity (Wildman–Crippen MR) is 113 cm³/mol. The minimum atomic E-state index is -2.78. The van der Waals surface area contributed by atoms with Crippen molar-refractivity contribution in [2.24, 2.45) is 11.7 Å².